The van der Waals surface area contributed by atoms with Crippen LogP contribution in [-0.4, -0.2) is 20.2 Å². The molecule has 0 unspecified atom stereocenters. The van der Waals surface area contributed by atoms with Gasteiger partial charge in [-0.25, -0.2) is 4.79 Å². The molecule has 0 saturated carbocycles. The van der Waals surface area contributed by atoms with Crippen LogP contribution in [0.4, 0.5) is 0 Å². The van der Waals surface area contributed by atoms with Crippen LogP contribution in [0.3, 0.4) is 0 Å². The number of fused-ring (bicyclic) bond motifs is 1. The highest BCUT2D eigenvalue weighted by Crippen LogP contribution is 2.42. The zero-order chi connectivity index (χ0) is 15.7. The van der Waals surface area contributed by atoms with Crippen molar-refractivity contribution in [3.05, 3.63) is 52.9 Å². The lowest BCUT2D eigenvalue weighted by Crippen LogP contribution is -2.05. The Hall–Kier alpha value is -2.33. The van der Waals surface area contributed by atoms with Gasteiger partial charge in [0.1, 0.15) is 5.75 Å². The van der Waals surface area contributed by atoms with Gasteiger partial charge in [0.15, 0.2) is 0 Å². The Balaban J connectivity index is 2.42. The number of hydrogen-bond donors (Lipinski definition) is 0. The molecule has 3 rings (SSSR count). The third-order valence-electron chi connectivity index (χ3n) is 3.57. The highest BCUT2D eigenvalue weighted by Gasteiger charge is 2.22. The molecule has 2 aromatic carbocycles. The van der Waals surface area contributed by atoms with Gasteiger partial charge in [-0.15, -0.1) is 11.3 Å². The quantitative estimate of drug-likeness (QED) is 0.659. The maximum Gasteiger partial charge on any atom is 0.338 e. The van der Waals surface area contributed by atoms with Gasteiger partial charge < -0.3 is 9.47 Å². The lowest BCUT2D eigenvalue weighted by atomic mass is 9.96. The minimum Gasteiger partial charge on any atom is -0.495 e. The molecule has 0 aliphatic carbocycles. The van der Waals surface area contributed by atoms with E-state index in [0.29, 0.717) is 11.3 Å². The maximum absolute atomic E-state index is 12.3. The second-order valence-electron chi connectivity index (χ2n) is 4.96. The van der Waals surface area contributed by atoms with Gasteiger partial charge in [-0.2, -0.15) is 0 Å². The summed E-state index contributed by atoms with van der Waals surface area (Å²) in [4.78, 5) is 13.4. The van der Waals surface area contributed by atoms with Crippen LogP contribution in [-0.2, 0) is 4.74 Å². The van der Waals surface area contributed by atoms with Gasteiger partial charge in [0.05, 0.1) is 19.8 Å². The van der Waals surface area contributed by atoms with Crippen molar-refractivity contribution in [2.24, 2.45) is 0 Å². The van der Waals surface area contributed by atoms with E-state index in [-0.39, 0.29) is 5.97 Å². The van der Waals surface area contributed by atoms with Crippen molar-refractivity contribution in [1.29, 1.82) is 0 Å². The van der Waals surface area contributed by atoms with Crippen molar-refractivity contribution >= 4 is 27.4 Å². The third kappa shape index (κ3) is 2.35. The summed E-state index contributed by atoms with van der Waals surface area (Å²) in [6.45, 7) is 2.05. The maximum atomic E-state index is 12.3. The fourth-order valence-electron chi connectivity index (χ4n) is 2.65. The first kappa shape index (κ1) is 14.6. The summed E-state index contributed by atoms with van der Waals surface area (Å²) in [6, 6.07) is 13.7. The van der Waals surface area contributed by atoms with Crippen molar-refractivity contribution in [1.82, 2.24) is 0 Å². The summed E-state index contributed by atoms with van der Waals surface area (Å²) in [5.74, 6) is 0.360. The molecule has 22 heavy (non-hydrogen) atoms. The Bertz CT molecular complexity index is 834. The molecule has 3 aromatic rings. The molecule has 0 amide bonds. The molecule has 0 spiro atoms. The molecule has 0 atom stereocenters. The molecular formula is C18H16O3S. The molecular weight excluding hydrogens is 296 g/mol. The van der Waals surface area contributed by atoms with Crippen LogP contribution < -0.4 is 4.74 Å². The van der Waals surface area contributed by atoms with E-state index in [4.69, 9.17) is 9.47 Å². The summed E-state index contributed by atoms with van der Waals surface area (Å²) in [6.07, 6.45) is 0. The molecule has 0 aliphatic rings. The molecule has 0 N–H and O–H groups in total. The van der Waals surface area contributed by atoms with E-state index in [1.807, 2.05) is 43.3 Å². The highest BCUT2D eigenvalue weighted by atomic mass is 32.1. The summed E-state index contributed by atoms with van der Waals surface area (Å²) in [5.41, 5.74) is 2.24. The van der Waals surface area contributed by atoms with Gasteiger partial charge in [-0.1, -0.05) is 30.3 Å². The van der Waals surface area contributed by atoms with Crippen LogP contribution >= 0.6 is 11.3 Å². The standard InChI is InChI=1S/C18H16O3S/c1-11-9-13-15(22-11)10-14(18(19)21-3)16(17(13)20-2)12-7-5-4-6-8-12/h4-10H,1-3H3. The largest absolute Gasteiger partial charge is 0.495 e. The van der Waals surface area contributed by atoms with Gasteiger partial charge in [-0.05, 0) is 24.6 Å². The van der Waals surface area contributed by atoms with Crippen molar-refractivity contribution in [3.63, 3.8) is 0 Å². The number of benzene rings is 2. The second kappa shape index (κ2) is 5.81. The number of carbonyl (C=O) groups is 1. The van der Waals surface area contributed by atoms with Gasteiger partial charge in [0, 0.05) is 20.5 Å². The average Bonchev–Trinajstić information content (AvgIpc) is 2.93. The fourth-order valence-corrected chi connectivity index (χ4v) is 3.61. The van der Waals surface area contributed by atoms with Crippen molar-refractivity contribution in [2.75, 3.05) is 14.2 Å². The normalized spacial score (nSPS) is 10.7. The first-order valence-electron chi connectivity index (χ1n) is 6.90. The lowest BCUT2D eigenvalue weighted by molar-refractivity contribution is 0.0601. The van der Waals surface area contributed by atoms with Crippen LogP contribution in [0.2, 0.25) is 0 Å². The van der Waals surface area contributed by atoms with Gasteiger partial charge >= 0.3 is 5.97 Å². The molecule has 112 valence electrons. The summed E-state index contributed by atoms with van der Waals surface area (Å²) in [5, 5.41) is 1.02. The van der Waals surface area contributed by atoms with Crippen LogP contribution in [0.15, 0.2) is 42.5 Å². The molecule has 0 saturated heterocycles. The van der Waals surface area contributed by atoms with Crippen LogP contribution in [0.5, 0.6) is 5.75 Å². The van der Waals surface area contributed by atoms with Crippen LogP contribution in [0.1, 0.15) is 15.2 Å². The molecule has 1 heterocycles. The second-order valence-corrected chi connectivity index (χ2v) is 6.25. The molecule has 0 aliphatic heterocycles. The number of rotatable bonds is 3. The smallest absolute Gasteiger partial charge is 0.338 e. The zero-order valence-electron chi connectivity index (χ0n) is 12.7. The van der Waals surface area contributed by atoms with E-state index in [9.17, 15) is 4.79 Å². The fraction of sp³-hybridized carbons (Fsp3) is 0.167. The SMILES string of the molecule is COC(=O)c1cc2sc(C)cc2c(OC)c1-c1ccccc1. The minimum atomic E-state index is -0.356. The van der Waals surface area contributed by atoms with Crippen LogP contribution in [0, 0.1) is 6.92 Å². The molecule has 3 nitrogen and oxygen atoms in total. The number of ether oxygens (including phenoxy) is 2. The van der Waals surface area contributed by atoms with Crippen LogP contribution in [0.25, 0.3) is 21.2 Å². The number of methoxy groups -OCH3 is 2. The van der Waals surface area contributed by atoms with Gasteiger partial charge in [0.2, 0.25) is 0 Å². The van der Waals surface area contributed by atoms with E-state index in [1.165, 1.54) is 12.0 Å². The Kier molecular flexibility index (Phi) is 3.86. The van der Waals surface area contributed by atoms with E-state index in [0.717, 1.165) is 21.2 Å². The Morgan fingerprint density at radius 1 is 1.09 bits per heavy atom. The molecule has 1 aromatic heterocycles. The number of thiophene rings is 1. The predicted molar refractivity (Wildman–Crippen MR) is 89.9 cm³/mol. The van der Waals surface area contributed by atoms with E-state index in [2.05, 4.69) is 6.07 Å². The predicted octanol–water partition coefficient (Wildman–Crippen LogP) is 4.67. The molecule has 0 radical (unpaired) electrons. The van der Waals surface area contributed by atoms with E-state index in [1.54, 1.807) is 18.4 Å². The zero-order valence-corrected chi connectivity index (χ0v) is 13.5. The Labute approximate surface area is 133 Å². The lowest BCUT2D eigenvalue weighted by Gasteiger charge is -2.14. The number of carbonyl (C=O) groups excluding carboxylic acids is 1. The van der Waals surface area contributed by atoms with E-state index >= 15 is 0 Å². The molecule has 4 heteroatoms. The highest BCUT2D eigenvalue weighted by molar-refractivity contribution is 7.19. The van der Waals surface area contributed by atoms with Crippen molar-refractivity contribution in [2.45, 2.75) is 6.92 Å². The molecule has 0 fully saturated rings. The van der Waals surface area contributed by atoms with Gasteiger partial charge in [0.25, 0.3) is 0 Å². The Morgan fingerprint density at radius 2 is 1.82 bits per heavy atom. The average molecular weight is 312 g/mol. The summed E-state index contributed by atoms with van der Waals surface area (Å²) >= 11 is 1.64. The van der Waals surface area contributed by atoms with E-state index < -0.39 is 0 Å². The first-order valence-corrected chi connectivity index (χ1v) is 7.72. The Morgan fingerprint density at radius 3 is 2.45 bits per heavy atom. The third-order valence-corrected chi connectivity index (χ3v) is 4.57. The van der Waals surface area contributed by atoms with Crippen molar-refractivity contribution < 1.29 is 14.3 Å². The summed E-state index contributed by atoms with van der Waals surface area (Å²) < 4.78 is 11.6. The minimum absolute atomic E-state index is 0.356. The molecule has 0 bridgehead atoms. The number of hydrogen-bond acceptors (Lipinski definition) is 4. The van der Waals surface area contributed by atoms with Gasteiger partial charge in [-0.3, -0.25) is 0 Å². The monoisotopic (exact) mass is 312 g/mol. The topological polar surface area (TPSA) is 35.5 Å². The summed E-state index contributed by atoms with van der Waals surface area (Å²) in [7, 11) is 3.03. The first-order chi connectivity index (χ1) is 10.7. The number of aryl methyl sites for hydroxylation is 1. The number of esters is 1. The van der Waals surface area contributed by atoms with Crippen molar-refractivity contribution in [3.8, 4) is 16.9 Å².